The van der Waals surface area contributed by atoms with Crippen molar-refractivity contribution in [2.75, 3.05) is 13.1 Å². The molecule has 1 aliphatic carbocycles. The summed E-state index contributed by atoms with van der Waals surface area (Å²) < 4.78 is 0. The van der Waals surface area contributed by atoms with Crippen LogP contribution >= 0.6 is 0 Å². The third kappa shape index (κ3) is 4.41. The van der Waals surface area contributed by atoms with Crippen molar-refractivity contribution in [2.45, 2.75) is 31.2 Å². The number of nitrogens with two attached hydrogens (primary N) is 2. The van der Waals surface area contributed by atoms with Crippen molar-refractivity contribution >= 4 is 23.8 Å². The predicted molar refractivity (Wildman–Crippen MR) is 67.3 cm³/mol. The van der Waals surface area contributed by atoms with Crippen LogP contribution in [0.25, 0.3) is 0 Å². The summed E-state index contributed by atoms with van der Waals surface area (Å²) in [5.41, 5.74) is 9.16. The topological polar surface area (TPSA) is 156 Å². The fourth-order valence-electron chi connectivity index (χ4n) is 2.12. The van der Waals surface area contributed by atoms with E-state index in [4.69, 9.17) is 16.6 Å². The molecule has 1 rings (SSSR count). The van der Waals surface area contributed by atoms with Crippen molar-refractivity contribution < 1.29 is 24.3 Å². The maximum atomic E-state index is 12.0. The highest BCUT2D eigenvalue weighted by Gasteiger charge is 2.41. The Bertz CT molecular complexity index is 417. The zero-order chi connectivity index (χ0) is 15.3. The van der Waals surface area contributed by atoms with E-state index in [0.29, 0.717) is 12.8 Å². The number of urea groups is 1. The van der Waals surface area contributed by atoms with Crippen molar-refractivity contribution in [2.24, 2.45) is 11.5 Å². The summed E-state index contributed by atoms with van der Waals surface area (Å²) in [6, 6.07) is -0.719. The first-order chi connectivity index (χ1) is 9.24. The SMILES string of the molecule is NC(=O)CN(CC(N)=O)C(=O)NC1(CC(=O)O)CCC1. The van der Waals surface area contributed by atoms with E-state index in [0.717, 1.165) is 11.3 Å². The molecule has 0 radical (unpaired) electrons. The molecule has 1 aliphatic rings. The molecule has 1 fully saturated rings. The molecular weight excluding hydrogens is 268 g/mol. The number of rotatable bonds is 7. The first kappa shape index (κ1) is 15.7. The van der Waals surface area contributed by atoms with E-state index in [9.17, 15) is 19.2 Å². The summed E-state index contributed by atoms with van der Waals surface area (Å²) in [6.07, 6.45) is 1.66. The highest BCUT2D eigenvalue weighted by Crippen LogP contribution is 2.35. The number of hydrogen-bond acceptors (Lipinski definition) is 4. The van der Waals surface area contributed by atoms with Crippen LogP contribution in [-0.2, 0) is 14.4 Å². The summed E-state index contributed by atoms with van der Waals surface area (Å²) in [7, 11) is 0. The van der Waals surface area contributed by atoms with Gasteiger partial charge in [-0.1, -0.05) is 0 Å². The number of carbonyl (C=O) groups excluding carboxylic acids is 3. The summed E-state index contributed by atoms with van der Waals surface area (Å²) in [6.45, 7) is -0.921. The molecule has 0 aliphatic heterocycles. The smallest absolute Gasteiger partial charge is 0.318 e. The summed E-state index contributed by atoms with van der Waals surface area (Å²) in [4.78, 5) is 45.4. The Hall–Kier alpha value is -2.32. The Morgan fingerprint density at radius 1 is 1.10 bits per heavy atom. The molecule has 0 heterocycles. The Morgan fingerprint density at radius 3 is 1.90 bits per heavy atom. The van der Waals surface area contributed by atoms with Gasteiger partial charge < -0.3 is 26.8 Å². The molecule has 9 heteroatoms. The fourth-order valence-corrected chi connectivity index (χ4v) is 2.12. The lowest BCUT2D eigenvalue weighted by molar-refractivity contribution is -0.139. The third-order valence-corrected chi connectivity index (χ3v) is 3.15. The standard InChI is InChI=1S/C11H18N4O5/c12-7(16)5-15(6-8(13)17)10(20)14-11(2-1-3-11)4-9(18)19/h1-6H2,(H2,12,16)(H2,13,17)(H,14,20)(H,18,19). The zero-order valence-electron chi connectivity index (χ0n) is 10.9. The maximum Gasteiger partial charge on any atom is 0.318 e. The lowest BCUT2D eigenvalue weighted by Crippen LogP contribution is -2.59. The van der Waals surface area contributed by atoms with Gasteiger partial charge in [0.05, 0.1) is 12.0 Å². The minimum absolute atomic E-state index is 0.209. The van der Waals surface area contributed by atoms with E-state index in [1.165, 1.54) is 0 Å². The highest BCUT2D eigenvalue weighted by atomic mass is 16.4. The third-order valence-electron chi connectivity index (χ3n) is 3.15. The minimum atomic E-state index is -1.03. The van der Waals surface area contributed by atoms with Crippen LogP contribution in [0.4, 0.5) is 4.79 Å². The molecule has 0 saturated heterocycles. The lowest BCUT2D eigenvalue weighted by atomic mass is 9.74. The van der Waals surface area contributed by atoms with Gasteiger partial charge in [0.1, 0.15) is 13.1 Å². The van der Waals surface area contributed by atoms with Crippen molar-refractivity contribution in [3.8, 4) is 0 Å². The van der Waals surface area contributed by atoms with E-state index in [-0.39, 0.29) is 6.42 Å². The second-order valence-electron chi connectivity index (χ2n) is 4.92. The average molecular weight is 286 g/mol. The van der Waals surface area contributed by atoms with Crippen molar-refractivity contribution in [1.29, 1.82) is 0 Å². The van der Waals surface area contributed by atoms with Gasteiger partial charge in [0.25, 0.3) is 0 Å². The Kier molecular flexibility index (Phi) is 4.89. The average Bonchev–Trinajstić information content (AvgIpc) is 2.22. The predicted octanol–water partition coefficient (Wildman–Crippen LogP) is -1.63. The normalized spacial score (nSPS) is 15.8. The number of nitrogens with zero attached hydrogens (tertiary/aromatic N) is 1. The van der Waals surface area contributed by atoms with Gasteiger partial charge in [-0.3, -0.25) is 14.4 Å². The molecule has 0 aromatic rings. The van der Waals surface area contributed by atoms with Gasteiger partial charge in [0, 0.05) is 0 Å². The fraction of sp³-hybridized carbons (Fsp3) is 0.636. The van der Waals surface area contributed by atoms with Crippen LogP contribution < -0.4 is 16.8 Å². The lowest BCUT2D eigenvalue weighted by Gasteiger charge is -2.42. The van der Waals surface area contributed by atoms with Crippen molar-refractivity contribution in [3.63, 3.8) is 0 Å². The van der Waals surface area contributed by atoms with Crippen LogP contribution in [-0.4, -0.2) is 52.4 Å². The Morgan fingerprint density at radius 2 is 1.60 bits per heavy atom. The van der Waals surface area contributed by atoms with Crippen LogP contribution in [0.1, 0.15) is 25.7 Å². The van der Waals surface area contributed by atoms with Gasteiger partial charge >= 0.3 is 12.0 Å². The quantitative estimate of drug-likeness (QED) is 0.442. The first-order valence-electron chi connectivity index (χ1n) is 6.09. The van der Waals surface area contributed by atoms with E-state index in [2.05, 4.69) is 5.32 Å². The summed E-state index contributed by atoms with van der Waals surface area (Å²) >= 11 is 0. The highest BCUT2D eigenvalue weighted by molar-refractivity contribution is 5.88. The molecule has 6 N–H and O–H groups in total. The number of carboxylic acid groups (broad SMARTS) is 1. The van der Waals surface area contributed by atoms with Crippen molar-refractivity contribution in [1.82, 2.24) is 10.2 Å². The molecular formula is C11H18N4O5. The minimum Gasteiger partial charge on any atom is -0.481 e. The molecule has 9 nitrogen and oxygen atoms in total. The van der Waals surface area contributed by atoms with Crippen LogP contribution in [0.2, 0.25) is 0 Å². The number of aliphatic carboxylic acids is 1. The van der Waals surface area contributed by atoms with Gasteiger partial charge in [0.15, 0.2) is 0 Å². The summed E-state index contributed by atoms with van der Waals surface area (Å²) in [5, 5.41) is 11.4. The van der Waals surface area contributed by atoms with Crippen LogP contribution in [0, 0.1) is 0 Å². The number of carboxylic acids is 1. The second-order valence-corrected chi connectivity index (χ2v) is 4.92. The molecule has 0 aromatic heterocycles. The number of nitrogens with one attached hydrogen (secondary N) is 1. The molecule has 20 heavy (non-hydrogen) atoms. The monoisotopic (exact) mass is 286 g/mol. The largest absolute Gasteiger partial charge is 0.481 e. The number of carbonyl (C=O) groups is 4. The molecule has 0 aromatic carbocycles. The first-order valence-corrected chi connectivity index (χ1v) is 6.09. The maximum absolute atomic E-state index is 12.0. The van der Waals surface area contributed by atoms with E-state index in [1.54, 1.807) is 0 Å². The molecule has 112 valence electrons. The van der Waals surface area contributed by atoms with Gasteiger partial charge in [-0.05, 0) is 19.3 Å². The number of primary amides is 2. The molecule has 0 atom stereocenters. The van der Waals surface area contributed by atoms with Gasteiger partial charge in [0.2, 0.25) is 11.8 Å². The molecule has 1 saturated carbocycles. The Balaban J connectivity index is 2.70. The second kappa shape index (κ2) is 6.22. The molecule has 0 bridgehead atoms. The van der Waals surface area contributed by atoms with E-state index in [1.807, 2.05) is 0 Å². The van der Waals surface area contributed by atoms with Crippen LogP contribution in [0.3, 0.4) is 0 Å². The molecule has 4 amide bonds. The van der Waals surface area contributed by atoms with Crippen LogP contribution in [0.15, 0.2) is 0 Å². The van der Waals surface area contributed by atoms with Crippen LogP contribution in [0.5, 0.6) is 0 Å². The summed E-state index contributed by atoms with van der Waals surface area (Å²) in [5.74, 6) is -2.61. The van der Waals surface area contributed by atoms with Gasteiger partial charge in [-0.15, -0.1) is 0 Å². The van der Waals surface area contributed by atoms with E-state index >= 15 is 0 Å². The Labute approximate surface area is 115 Å². The zero-order valence-corrected chi connectivity index (χ0v) is 10.9. The van der Waals surface area contributed by atoms with Gasteiger partial charge in [-0.2, -0.15) is 0 Å². The van der Waals surface area contributed by atoms with Crippen molar-refractivity contribution in [3.05, 3.63) is 0 Å². The molecule has 0 unspecified atom stereocenters. The van der Waals surface area contributed by atoms with Gasteiger partial charge in [-0.25, -0.2) is 4.79 Å². The molecule has 0 spiro atoms. The number of hydrogen-bond donors (Lipinski definition) is 4. The number of amides is 4. The van der Waals surface area contributed by atoms with E-state index < -0.39 is 42.4 Å².